The summed E-state index contributed by atoms with van der Waals surface area (Å²) in [5.74, 6) is 0.968. The zero-order chi connectivity index (χ0) is 22.2. The number of fused-ring (bicyclic) bond motifs is 1. The molecule has 0 spiro atoms. The van der Waals surface area contributed by atoms with Gasteiger partial charge in [0.1, 0.15) is 5.75 Å². The number of H-pyrrole nitrogens is 1. The number of aromatic nitrogens is 1. The Bertz CT molecular complexity index is 1080. The van der Waals surface area contributed by atoms with Gasteiger partial charge in [0.25, 0.3) is 6.47 Å². The molecule has 4 aromatic rings. The molecule has 0 fully saturated rings. The molecule has 0 saturated carbocycles. The third-order valence-electron chi connectivity index (χ3n) is 5.22. The Balaban J connectivity index is 0.000000858. The summed E-state index contributed by atoms with van der Waals surface area (Å²) >= 11 is 1.80. The van der Waals surface area contributed by atoms with Gasteiger partial charge in [-0.2, -0.15) is 0 Å². The van der Waals surface area contributed by atoms with Gasteiger partial charge in [-0.1, -0.05) is 49.4 Å². The summed E-state index contributed by atoms with van der Waals surface area (Å²) in [7, 11) is 1.75. The second kappa shape index (κ2) is 10.8. The molecule has 1 unspecified atom stereocenters. The predicted octanol–water partition coefficient (Wildman–Crippen LogP) is 6.16. The molecule has 5 nitrogen and oxygen atoms in total. The van der Waals surface area contributed by atoms with Gasteiger partial charge in [-0.05, 0) is 42.7 Å². The summed E-state index contributed by atoms with van der Waals surface area (Å²) in [5.41, 5.74) is 4.73. The van der Waals surface area contributed by atoms with Gasteiger partial charge in [0.2, 0.25) is 0 Å². The first-order valence-electron chi connectivity index (χ1n) is 10.3. The monoisotopic (exact) mass is 436 g/mol. The first-order valence-corrected chi connectivity index (χ1v) is 11.1. The van der Waals surface area contributed by atoms with Crippen molar-refractivity contribution in [1.29, 1.82) is 0 Å². The molecular weight excluding hydrogens is 408 g/mol. The fourth-order valence-corrected chi connectivity index (χ4v) is 4.39. The Hall–Kier alpha value is -3.09. The topological polar surface area (TPSA) is 74.3 Å². The molecule has 2 aromatic carbocycles. The summed E-state index contributed by atoms with van der Waals surface area (Å²) in [4.78, 5) is 14.3. The smallest absolute Gasteiger partial charge is 0.290 e. The number of carboxylic acid groups (broad SMARTS) is 1. The maximum Gasteiger partial charge on any atom is 0.290 e. The van der Waals surface area contributed by atoms with Crippen LogP contribution in [0.25, 0.3) is 32.6 Å². The largest absolute Gasteiger partial charge is 0.496 e. The highest BCUT2D eigenvalue weighted by Gasteiger charge is 2.12. The highest BCUT2D eigenvalue weighted by Crippen LogP contribution is 2.37. The van der Waals surface area contributed by atoms with Gasteiger partial charge in [0.15, 0.2) is 0 Å². The Morgan fingerprint density at radius 2 is 1.81 bits per heavy atom. The maximum atomic E-state index is 8.36. The summed E-state index contributed by atoms with van der Waals surface area (Å²) in [5, 5.41) is 11.7. The van der Waals surface area contributed by atoms with Crippen molar-refractivity contribution in [3.05, 3.63) is 65.5 Å². The molecule has 1 atom stereocenters. The van der Waals surface area contributed by atoms with Crippen LogP contribution in [0.5, 0.6) is 5.75 Å². The van der Waals surface area contributed by atoms with E-state index in [2.05, 4.69) is 84.8 Å². The number of aromatic amines is 1. The maximum absolute atomic E-state index is 8.36. The Kier molecular flexibility index (Phi) is 7.87. The molecule has 0 radical (unpaired) electrons. The van der Waals surface area contributed by atoms with E-state index in [1.807, 2.05) is 0 Å². The van der Waals surface area contributed by atoms with Gasteiger partial charge in [0, 0.05) is 34.1 Å². The van der Waals surface area contributed by atoms with Crippen LogP contribution in [0.4, 0.5) is 0 Å². The lowest BCUT2D eigenvalue weighted by atomic mass is 10.1. The second-order valence-corrected chi connectivity index (χ2v) is 8.38. The average Bonchev–Trinajstić information content (AvgIpc) is 3.42. The zero-order valence-corrected chi connectivity index (χ0v) is 18.8. The number of rotatable bonds is 7. The van der Waals surface area contributed by atoms with Crippen molar-refractivity contribution in [2.45, 2.75) is 32.9 Å². The van der Waals surface area contributed by atoms with Crippen molar-refractivity contribution in [1.82, 2.24) is 10.3 Å². The molecule has 0 aliphatic rings. The number of carbonyl (C=O) groups is 1. The quantitative estimate of drug-likeness (QED) is 0.303. The van der Waals surface area contributed by atoms with Crippen LogP contribution in [-0.4, -0.2) is 29.7 Å². The lowest BCUT2D eigenvalue weighted by molar-refractivity contribution is -0.122. The number of ether oxygens (including phenoxy) is 1. The molecule has 2 aromatic heterocycles. The molecule has 6 heteroatoms. The van der Waals surface area contributed by atoms with E-state index >= 15 is 0 Å². The van der Waals surface area contributed by atoms with Crippen molar-refractivity contribution in [2.24, 2.45) is 0 Å². The van der Waals surface area contributed by atoms with Crippen LogP contribution in [0.15, 0.2) is 60.7 Å². The van der Waals surface area contributed by atoms with Gasteiger partial charge in [0.05, 0.1) is 12.0 Å². The first-order chi connectivity index (χ1) is 15.1. The van der Waals surface area contributed by atoms with Crippen LogP contribution in [0.2, 0.25) is 0 Å². The molecule has 3 N–H and O–H groups in total. The third-order valence-corrected chi connectivity index (χ3v) is 6.39. The number of thiophene rings is 1. The minimum Gasteiger partial charge on any atom is -0.496 e. The second-order valence-electron chi connectivity index (χ2n) is 7.25. The Labute approximate surface area is 186 Å². The van der Waals surface area contributed by atoms with Gasteiger partial charge in [-0.25, -0.2) is 0 Å². The molecule has 4 rings (SSSR count). The molecular formula is C25H28N2O3S. The van der Waals surface area contributed by atoms with Crippen LogP contribution in [0.1, 0.15) is 25.1 Å². The molecule has 31 heavy (non-hydrogen) atoms. The van der Waals surface area contributed by atoms with E-state index in [0.29, 0.717) is 6.04 Å². The van der Waals surface area contributed by atoms with Crippen LogP contribution in [0.3, 0.4) is 0 Å². The fourth-order valence-electron chi connectivity index (χ4n) is 3.30. The number of methoxy groups -OCH3 is 1. The van der Waals surface area contributed by atoms with E-state index in [1.165, 1.54) is 31.8 Å². The van der Waals surface area contributed by atoms with E-state index < -0.39 is 0 Å². The minimum atomic E-state index is -0.250. The number of hydrogen-bond acceptors (Lipinski definition) is 4. The van der Waals surface area contributed by atoms with Crippen molar-refractivity contribution in [3.8, 4) is 27.4 Å². The average molecular weight is 437 g/mol. The van der Waals surface area contributed by atoms with Gasteiger partial charge in [-0.15, -0.1) is 11.3 Å². The van der Waals surface area contributed by atoms with Crippen molar-refractivity contribution >= 4 is 28.7 Å². The molecule has 0 saturated heterocycles. The van der Waals surface area contributed by atoms with E-state index in [0.717, 1.165) is 24.4 Å². The molecule has 2 heterocycles. The van der Waals surface area contributed by atoms with E-state index in [1.54, 1.807) is 18.4 Å². The van der Waals surface area contributed by atoms with Crippen molar-refractivity contribution < 1.29 is 14.6 Å². The molecule has 162 valence electrons. The summed E-state index contributed by atoms with van der Waals surface area (Å²) < 4.78 is 5.61. The van der Waals surface area contributed by atoms with Gasteiger partial charge < -0.3 is 20.1 Å². The zero-order valence-electron chi connectivity index (χ0n) is 18.0. The first kappa shape index (κ1) is 22.6. The Morgan fingerprint density at radius 3 is 2.45 bits per heavy atom. The number of benzene rings is 2. The normalized spacial score (nSPS) is 11.6. The van der Waals surface area contributed by atoms with Crippen molar-refractivity contribution in [2.75, 3.05) is 7.11 Å². The SMILES string of the molecule is CCC(C)NCc1sc(-c2ccc(-c3cc4ccccc4[nH]3)cc2)cc1OC.O=CO. The van der Waals surface area contributed by atoms with Gasteiger partial charge >= 0.3 is 0 Å². The van der Waals surface area contributed by atoms with Crippen LogP contribution in [0, 0.1) is 0 Å². The molecule has 0 amide bonds. The molecule has 0 aliphatic heterocycles. The third kappa shape index (κ3) is 5.54. The molecule has 0 bridgehead atoms. The lowest BCUT2D eigenvalue weighted by Gasteiger charge is -2.10. The van der Waals surface area contributed by atoms with E-state index in [-0.39, 0.29) is 6.47 Å². The van der Waals surface area contributed by atoms with Crippen molar-refractivity contribution in [3.63, 3.8) is 0 Å². The highest BCUT2D eigenvalue weighted by atomic mass is 32.1. The lowest BCUT2D eigenvalue weighted by Crippen LogP contribution is -2.24. The Morgan fingerprint density at radius 1 is 1.13 bits per heavy atom. The number of nitrogens with one attached hydrogen (secondary N) is 2. The standard InChI is InChI=1S/C24H26N2OS.CH2O2/c1-4-16(2)25-15-24-22(27-3)14-23(28-24)18-11-9-17(10-12-18)21-13-19-7-5-6-8-20(19)26-21;2-1-3/h5-14,16,25-26H,4,15H2,1-3H3;1H,(H,2,3). The number of para-hydroxylation sites is 1. The summed E-state index contributed by atoms with van der Waals surface area (Å²) in [6.07, 6.45) is 1.12. The summed E-state index contributed by atoms with van der Waals surface area (Å²) in [6, 6.07) is 22.0. The van der Waals surface area contributed by atoms with E-state index in [4.69, 9.17) is 14.6 Å². The summed E-state index contributed by atoms with van der Waals surface area (Å²) in [6.45, 7) is 5.00. The number of hydrogen-bond donors (Lipinski definition) is 3. The van der Waals surface area contributed by atoms with Crippen LogP contribution < -0.4 is 10.1 Å². The predicted molar refractivity (Wildman–Crippen MR) is 129 cm³/mol. The molecule has 0 aliphatic carbocycles. The van der Waals surface area contributed by atoms with E-state index in [9.17, 15) is 0 Å². The minimum absolute atomic E-state index is 0.250. The highest BCUT2D eigenvalue weighted by molar-refractivity contribution is 7.15. The fraction of sp³-hybridized carbons (Fsp3) is 0.240. The van der Waals surface area contributed by atoms with Gasteiger partial charge in [-0.3, -0.25) is 4.79 Å². The van der Waals surface area contributed by atoms with Crippen LogP contribution >= 0.6 is 11.3 Å². The van der Waals surface area contributed by atoms with Crippen LogP contribution in [-0.2, 0) is 11.3 Å².